The fourth-order valence-electron chi connectivity index (χ4n) is 5.61. The number of ether oxygens (including phenoxy) is 1. The Morgan fingerprint density at radius 1 is 0.216 bits per heavy atom. The molecule has 0 aromatic heterocycles. The van der Waals surface area contributed by atoms with Crippen molar-refractivity contribution in [1.82, 2.24) is 0 Å². The molecule has 0 fully saturated rings. The third-order valence-electron chi connectivity index (χ3n) is 8.28. The van der Waals surface area contributed by atoms with Crippen LogP contribution in [0.4, 0.5) is 0 Å². The first-order valence-electron chi connectivity index (χ1n) is 18.0. The van der Waals surface area contributed by atoms with Crippen molar-refractivity contribution in [2.75, 3.05) is 13.2 Å². The Balaban J connectivity index is 3.00. The van der Waals surface area contributed by atoms with E-state index in [1.807, 2.05) is 0 Å². The predicted octanol–water partition coefficient (Wildman–Crippen LogP) is 13.5. The lowest BCUT2D eigenvalue weighted by Gasteiger charge is -2.05. The molecule has 0 unspecified atom stereocenters. The van der Waals surface area contributed by atoms with Gasteiger partial charge in [-0.3, -0.25) is 0 Å². The van der Waals surface area contributed by atoms with Crippen LogP contribution in [0.15, 0.2) is 0 Å². The van der Waals surface area contributed by atoms with Gasteiger partial charge in [0, 0.05) is 13.2 Å². The lowest BCUT2D eigenvalue weighted by molar-refractivity contribution is 0.125. The highest BCUT2D eigenvalue weighted by molar-refractivity contribution is 4.52. The molecule has 0 amide bonds. The summed E-state index contributed by atoms with van der Waals surface area (Å²) in [6.45, 7) is 6.59. The second-order valence-corrected chi connectivity index (χ2v) is 12.2. The molecule has 0 spiro atoms. The van der Waals surface area contributed by atoms with Crippen molar-refractivity contribution in [1.29, 1.82) is 0 Å². The second-order valence-electron chi connectivity index (χ2n) is 12.2. The first kappa shape index (κ1) is 37.0. The summed E-state index contributed by atoms with van der Waals surface area (Å²) in [6.07, 6.45) is 46.1. The maximum atomic E-state index is 5.85. The highest BCUT2D eigenvalue weighted by atomic mass is 16.5. The molecule has 0 saturated carbocycles. The van der Waals surface area contributed by atoms with Crippen LogP contribution in [0, 0.1) is 0 Å². The van der Waals surface area contributed by atoms with E-state index in [0.29, 0.717) is 0 Å². The van der Waals surface area contributed by atoms with E-state index in [9.17, 15) is 0 Å². The Labute approximate surface area is 237 Å². The molecule has 0 aliphatic heterocycles. The van der Waals surface area contributed by atoms with E-state index >= 15 is 0 Å². The highest BCUT2D eigenvalue weighted by Gasteiger charge is 1.97. The van der Waals surface area contributed by atoms with Crippen LogP contribution in [0.2, 0.25) is 0 Å². The van der Waals surface area contributed by atoms with Crippen molar-refractivity contribution in [2.45, 2.75) is 219 Å². The fourth-order valence-corrected chi connectivity index (χ4v) is 5.61. The zero-order valence-electron chi connectivity index (χ0n) is 26.4. The van der Waals surface area contributed by atoms with Gasteiger partial charge in [0.05, 0.1) is 0 Å². The molecule has 0 rings (SSSR count). The average molecular weight is 523 g/mol. The Morgan fingerprint density at radius 2 is 0.378 bits per heavy atom. The quantitative estimate of drug-likeness (QED) is 0.0763. The van der Waals surface area contributed by atoms with Crippen LogP contribution < -0.4 is 0 Å². The zero-order chi connectivity index (χ0) is 26.7. The normalized spacial score (nSPS) is 11.5. The molecule has 0 aliphatic carbocycles. The third-order valence-corrected chi connectivity index (χ3v) is 8.28. The number of hydrogen-bond acceptors (Lipinski definition) is 1. The van der Waals surface area contributed by atoms with Crippen LogP contribution in [0.5, 0.6) is 0 Å². The van der Waals surface area contributed by atoms with Crippen LogP contribution in [0.3, 0.4) is 0 Å². The minimum Gasteiger partial charge on any atom is -0.381 e. The Kier molecular flexibility index (Phi) is 35.9. The van der Waals surface area contributed by atoms with Crippen LogP contribution in [-0.2, 0) is 4.74 Å². The van der Waals surface area contributed by atoms with Gasteiger partial charge >= 0.3 is 0 Å². The number of hydrogen-bond donors (Lipinski definition) is 0. The number of rotatable bonds is 34. The van der Waals surface area contributed by atoms with E-state index in [4.69, 9.17) is 4.74 Å². The van der Waals surface area contributed by atoms with Gasteiger partial charge in [0.2, 0.25) is 0 Å². The predicted molar refractivity (Wildman–Crippen MR) is 170 cm³/mol. The third kappa shape index (κ3) is 36.0. The molecule has 1 heteroatoms. The van der Waals surface area contributed by atoms with Gasteiger partial charge in [-0.25, -0.2) is 0 Å². The van der Waals surface area contributed by atoms with Crippen LogP contribution in [-0.4, -0.2) is 13.2 Å². The summed E-state index contributed by atoms with van der Waals surface area (Å²) in [7, 11) is 0. The van der Waals surface area contributed by atoms with Gasteiger partial charge in [0.25, 0.3) is 0 Å². The van der Waals surface area contributed by atoms with Crippen LogP contribution >= 0.6 is 0 Å². The first-order valence-corrected chi connectivity index (χ1v) is 18.0. The minimum atomic E-state index is 0.996. The van der Waals surface area contributed by atoms with E-state index in [2.05, 4.69) is 13.8 Å². The summed E-state index contributed by atoms with van der Waals surface area (Å²) in [4.78, 5) is 0. The van der Waals surface area contributed by atoms with E-state index in [1.165, 1.54) is 205 Å². The Hall–Kier alpha value is -0.0400. The summed E-state index contributed by atoms with van der Waals surface area (Å²) in [6, 6.07) is 0. The van der Waals surface area contributed by atoms with Crippen molar-refractivity contribution in [3.05, 3.63) is 0 Å². The maximum absolute atomic E-state index is 5.85. The summed E-state index contributed by atoms with van der Waals surface area (Å²) >= 11 is 0. The van der Waals surface area contributed by atoms with Gasteiger partial charge < -0.3 is 4.74 Å². The summed E-state index contributed by atoms with van der Waals surface area (Å²) in [5.74, 6) is 0. The van der Waals surface area contributed by atoms with Crippen molar-refractivity contribution >= 4 is 0 Å². The molecule has 1 nitrogen and oxygen atoms in total. The fraction of sp³-hybridized carbons (Fsp3) is 1.00. The molecule has 0 aromatic rings. The molecule has 37 heavy (non-hydrogen) atoms. The molecule has 0 bridgehead atoms. The summed E-state index contributed by atoms with van der Waals surface area (Å²) in [5.41, 5.74) is 0. The summed E-state index contributed by atoms with van der Waals surface area (Å²) in [5, 5.41) is 0. The van der Waals surface area contributed by atoms with Crippen molar-refractivity contribution < 1.29 is 4.74 Å². The van der Waals surface area contributed by atoms with Gasteiger partial charge in [0.1, 0.15) is 0 Å². The molecular weight excluding hydrogens is 448 g/mol. The van der Waals surface area contributed by atoms with Gasteiger partial charge in [0.15, 0.2) is 0 Å². The topological polar surface area (TPSA) is 9.23 Å². The standard InChI is InChI=1S/C36H74O/c1-3-5-7-9-11-13-15-16-17-18-19-20-21-22-23-24-25-26-28-30-32-34-36-37-35-33-31-29-27-14-12-10-8-6-4-2/h3-36H2,1-2H3. The first-order chi connectivity index (χ1) is 18.4. The van der Waals surface area contributed by atoms with Crippen molar-refractivity contribution in [3.8, 4) is 0 Å². The van der Waals surface area contributed by atoms with E-state index < -0.39 is 0 Å². The maximum Gasteiger partial charge on any atom is 0.0466 e. The SMILES string of the molecule is CCCCCCCCCCCCCCCCCCCCCCCCOCCCCCCCCCCCC. The Bertz CT molecular complexity index is 332. The minimum absolute atomic E-state index is 0.996. The smallest absolute Gasteiger partial charge is 0.0466 e. The van der Waals surface area contributed by atoms with Gasteiger partial charge in [-0.1, -0.05) is 206 Å². The molecule has 0 radical (unpaired) electrons. The van der Waals surface area contributed by atoms with Gasteiger partial charge in [-0.2, -0.15) is 0 Å². The molecule has 0 aromatic carbocycles. The lowest BCUT2D eigenvalue weighted by atomic mass is 10.0. The molecular formula is C36H74O. The molecule has 0 N–H and O–H groups in total. The Morgan fingerprint density at radius 3 is 0.568 bits per heavy atom. The van der Waals surface area contributed by atoms with E-state index in [0.717, 1.165) is 13.2 Å². The molecule has 0 heterocycles. The number of unbranched alkanes of at least 4 members (excludes halogenated alkanes) is 30. The molecule has 0 saturated heterocycles. The second kappa shape index (κ2) is 36.0. The molecule has 0 aliphatic rings. The van der Waals surface area contributed by atoms with Gasteiger partial charge in [-0.15, -0.1) is 0 Å². The largest absolute Gasteiger partial charge is 0.381 e. The molecule has 0 atom stereocenters. The van der Waals surface area contributed by atoms with E-state index in [1.54, 1.807) is 0 Å². The summed E-state index contributed by atoms with van der Waals surface area (Å²) < 4.78 is 5.85. The van der Waals surface area contributed by atoms with Gasteiger partial charge in [-0.05, 0) is 12.8 Å². The van der Waals surface area contributed by atoms with Crippen LogP contribution in [0.1, 0.15) is 219 Å². The lowest BCUT2D eigenvalue weighted by Crippen LogP contribution is -1.97. The van der Waals surface area contributed by atoms with E-state index in [-0.39, 0.29) is 0 Å². The monoisotopic (exact) mass is 523 g/mol. The highest BCUT2D eigenvalue weighted by Crippen LogP contribution is 2.15. The zero-order valence-corrected chi connectivity index (χ0v) is 26.4. The van der Waals surface area contributed by atoms with Crippen LogP contribution in [0.25, 0.3) is 0 Å². The average Bonchev–Trinajstić information content (AvgIpc) is 2.91. The van der Waals surface area contributed by atoms with Crippen molar-refractivity contribution in [3.63, 3.8) is 0 Å². The van der Waals surface area contributed by atoms with Crippen molar-refractivity contribution in [2.24, 2.45) is 0 Å². The molecule has 224 valence electrons.